The summed E-state index contributed by atoms with van der Waals surface area (Å²) in [4.78, 5) is 5.94. The van der Waals surface area contributed by atoms with Crippen LogP contribution in [0, 0.1) is 0 Å². The summed E-state index contributed by atoms with van der Waals surface area (Å²) in [6.45, 7) is 2.55. The molecule has 19 heavy (non-hydrogen) atoms. The van der Waals surface area contributed by atoms with Gasteiger partial charge in [-0.25, -0.2) is 0 Å². The predicted molar refractivity (Wildman–Crippen MR) is 74.6 cm³/mol. The van der Waals surface area contributed by atoms with E-state index in [2.05, 4.69) is 32.3 Å². The van der Waals surface area contributed by atoms with Crippen molar-refractivity contribution in [1.29, 1.82) is 0 Å². The van der Waals surface area contributed by atoms with Crippen molar-refractivity contribution >= 4 is 23.0 Å². The zero-order chi connectivity index (χ0) is 13.4. The third-order valence-corrected chi connectivity index (χ3v) is 3.51. The quantitative estimate of drug-likeness (QED) is 0.829. The molecule has 100 valence electrons. The molecule has 0 fully saturated rings. The molecule has 1 aromatic carbocycles. The minimum Gasteiger partial charge on any atom is -0.371 e. The first-order valence-electron chi connectivity index (χ1n) is 6.12. The van der Waals surface area contributed by atoms with Crippen molar-refractivity contribution in [2.45, 2.75) is 6.54 Å². The van der Waals surface area contributed by atoms with E-state index >= 15 is 0 Å². The molecule has 0 N–H and O–H groups in total. The summed E-state index contributed by atoms with van der Waals surface area (Å²) < 4.78 is 0. The average Bonchev–Trinajstić information content (AvgIpc) is 2.79. The first-order valence-corrected chi connectivity index (χ1v) is 6.50. The van der Waals surface area contributed by atoms with Gasteiger partial charge in [-0.05, 0) is 23.4 Å². The zero-order valence-corrected chi connectivity index (χ0v) is 11.7. The summed E-state index contributed by atoms with van der Waals surface area (Å²) in [5, 5.41) is 12.9. The summed E-state index contributed by atoms with van der Waals surface area (Å²) in [6, 6.07) is 5.95. The molecule has 6 nitrogen and oxygen atoms in total. The lowest BCUT2D eigenvalue weighted by atomic mass is 10.1. The van der Waals surface area contributed by atoms with Crippen LogP contribution in [-0.4, -0.2) is 40.3 Å². The van der Waals surface area contributed by atoms with Gasteiger partial charge < -0.3 is 9.80 Å². The van der Waals surface area contributed by atoms with E-state index in [0.29, 0.717) is 6.54 Å². The smallest absolute Gasteiger partial charge is 0.193 e. The minimum absolute atomic E-state index is 0.663. The van der Waals surface area contributed by atoms with Crippen LogP contribution >= 0.6 is 11.6 Å². The van der Waals surface area contributed by atoms with Crippen molar-refractivity contribution < 1.29 is 0 Å². The van der Waals surface area contributed by atoms with Crippen molar-refractivity contribution in [2.24, 2.45) is 7.05 Å². The van der Waals surface area contributed by atoms with E-state index in [1.165, 1.54) is 4.80 Å². The van der Waals surface area contributed by atoms with E-state index in [0.717, 1.165) is 35.3 Å². The zero-order valence-electron chi connectivity index (χ0n) is 10.9. The van der Waals surface area contributed by atoms with Gasteiger partial charge >= 0.3 is 0 Å². The molecule has 2 heterocycles. The Morgan fingerprint density at radius 3 is 2.79 bits per heavy atom. The SMILES string of the molecule is CN1CCN(Cc2nnn(C)n2)c2ccc(Cl)cc21. The van der Waals surface area contributed by atoms with Crippen LogP contribution in [0.4, 0.5) is 11.4 Å². The van der Waals surface area contributed by atoms with Crippen LogP contribution in [0.2, 0.25) is 5.02 Å². The Morgan fingerprint density at radius 1 is 1.21 bits per heavy atom. The monoisotopic (exact) mass is 278 g/mol. The number of rotatable bonds is 2. The molecule has 0 spiro atoms. The first-order chi connectivity index (χ1) is 9.13. The second-order valence-corrected chi connectivity index (χ2v) is 5.11. The average molecular weight is 279 g/mol. The lowest BCUT2D eigenvalue weighted by molar-refractivity contribution is 0.625. The van der Waals surface area contributed by atoms with Crippen LogP contribution in [0.15, 0.2) is 18.2 Å². The van der Waals surface area contributed by atoms with Crippen LogP contribution in [0.5, 0.6) is 0 Å². The Hall–Kier alpha value is -1.82. The molecule has 1 aromatic heterocycles. The normalized spacial score (nSPS) is 14.7. The molecule has 0 radical (unpaired) electrons. The molecule has 2 aromatic rings. The van der Waals surface area contributed by atoms with Crippen LogP contribution in [-0.2, 0) is 13.6 Å². The molecular formula is C12H15ClN6. The fourth-order valence-electron chi connectivity index (χ4n) is 2.30. The highest BCUT2D eigenvalue weighted by atomic mass is 35.5. The molecule has 0 unspecified atom stereocenters. The number of hydrogen-bond acceptors (Lipinski definition) is 5. The summed E-state index contributed by atoms with van der Waals surface area (Å²) in [6.07, 6.45) is 0. The van der Waals surface area contributed by atoms with Gasteiger partial charge in [-0.3, -0.25) is 0 Å². The molecule has 1 aliphatic rings. The summed E-state index contributed by atoms with van der Waals surface area (Å²) >= 11 is 6.07. The van der Waals surface area contributed by atoms with Crippen molar-refractivity contribution in [2.75, 3.05) is 29.9 Å². The van der Waals surface area contributed by atoms with E-state index in [9.17, 15) is 0 Å². The highest BCUT2D eigenvalue weighted by Crippen LogP contribution is 2.34. The third-order valence-electron chi connectivity index (χ3n) is 3.28. The standard InChI is InChI=1S/C12H15ClN6/c1-17-5-6-19(8-12-14-16-18(2)15-12)10-4-3-9(13)7-11(10)17/h3-4,7H,5-6,8H2,1-2H3. The Balaban J connectivity index is 1.90. The lowest BCUT2D eigenvalue weighted by Gasteiger charge is -2.36. The van der Waals surface area contributed by atoms with Gasteiger partial charge in [-0.1, -0.05) is 11.6 Å². The minimum atomic E-state index is 0.663. The van der Waals surface area contributed by atoms with Gasteiger partial charge in [-0.15, -0.1) is 10.2 Å². The Morgan fingerprint density at radius 2 is 2.05 bits per heavy atom. The van der Waals surface area contributed by atoms with Crippen molar-refractivity contribution in [1.82, 2.24) is 20.2 Å². The van der Waals surface area contributed by atoms with Gasteiger partial charge in [0.05, 0.1) is 25.0 Å². The number of anilines is 2. The molecule has 1 aliphatic heterocycles. The molecule has 0 saturated carbocycles. The highest BCUT2D eigenvalue weighted by Gasteiger charge is 2.21. The second kappa shape index (κ2) is 4.70. The number of fused-ring (bicyclic) bond motifs is 1. The molecular weight excluding hydrogens is 264 g/mol. The number of benzene rings is 1. The Bertz CT molecular complexity index is 596. The number of aryl methyl sites for hydroxylation is 1. The van der Waals surface area contributed by atoms with Crippen molar-refractivity contribution in [3.8, 4) is 0 Å². The van der Waals surface area contributed by atoms with Crippen LogP contribution < -0.4 is 9.80 Å². The van der Waals surface area contributed by atoms with Gasteiger partial charge in [0.15, 0.2) is 5.82 Å². The van der Waals surface area contributed by atoms with Gasteiger partial charge in [0.1, 0.15) is 0 Å². The summed E-state index contributed by atoms with van der Waals surface area (Å²) in [5.74, 6) is 0.730. The van der Waals surface area contributed by atoms with Crippen molar-refractivity contribution in [3.05, 3.63) is 29.0 Å². The molecule has 0 aliphatic carbocycles. The van der Waals surface area contributed by atoms with Gasteiger partial charge in [0.2, 0.25) is 0 Å². The first kappa shape index (κ1) is 12.2. The maximum absolute atomic E-state index is 6.07. The summed E-state index contributed by atoms with van der Waals surface area (Å²) in [7, 11) is 3.85. The Labute approximate surface area is 116 Å². The molecule has 3 rings (SSSR count). The van der Waals surface area contributed by atoms with Gasteiger partial charge in [-0.2, -0.15) is 4.80 Å². The fourth-order valence-corrected chi connectivity index (χ4v) is 2.47. The molecule has 0 amide bonds. The number of halogens is 1. The molecule has 0 saturated heterocycles. The number of nitrogens with zero attached hydrogens (tertiary/aromatic N) is 6. The van der Waals surface area contributed by atoms with Crippen LogP contribution in [0.1, 0.15) is 5.82 Å². The Kier molecular flexibility index (Phi) is 3.02. The van der Waals surface area contributed by atoms with Gasteiger partial charge in [0, 0.05) is 25.2 Å². The second-order valence-electron chi connectivity index (χ2n) is 4.67. The van der Waals surface area contributed by atoms with Crippen LogP contribution in [0.3, 0.4) is 0 Å². The summed E-state index contributed by atoms with van der Waals surface area (Å²) in [5.41, 5.74) is 2.30. The maximum atomic E-state index is 6.07. The molecule has 0 bridgehead atoms. The largest absolute Gasteiger partial charge is 0.371 e. The van der Waals surface area contributed by atoms with E-state index in [1.54, 1.807) is 7.05 Å². The van der Waals surface area contributed by atoms with Gasteiger partial charge in [0.25, 0.3) is 0 Å². The number of hydrogen-bond donors (Lipinski definition) is 0. The van der Waals surface area contributed by atoms with E-state index in [4.69, 9.17) is 11.6 Å². The highest BCUT2D eigenvalue weighted by molar-refractivity contribution is 6.31. The van der Waals surface area contributed by atoms with E-state index in [-0.39, 0.29) is 0 Å². The lowest BCUT2D eigenvalue weighted by Crippen LogP contribution is -2.39. The number of tetrazole rings is 1. The topological polar surface area (TPSA) is 50.1 Å². The van der Waals surface area contributed by atoms with Crippen molar-refractivity contribution in [3.63, 3.8) is 0 Å². The van der Waals surface area contributed by atoms with Crippen LogP contribution in [0.25, 0.3) is 0 Å². The molecule has 7 heteroatoms. The van der Waals surface area contributed by atoms with E-state index in [1.807, 2.05) is 18.2 Å². The number of likely N-dealkylation sites (N-methyl/N-ethyl adjacent to an activating group) is 1. The fraction of sp³-hybridized carbons (Fsp3) is 0.417. The predicted octanol–water partition coefficient (Wildman–Crippen LogP) is 1.32. The third kappa shape index (κ3) is 2.35. The molecule has 0 atom stereocenters. The number of aromatic nitrogens is 4. The maximum Gasteiger partial charge on any atom is 0.193 e. The van der Waals surface area contributed by atoms with E-state index < -0.39 is 0 Å².